The Balaban J connectivity index is 2.20. The molecule has 0 aromatic heterocycles. The number of cyclic esters (lactones) is 2. The van der Waals surface area contributed by atoms with Crippen molar-refractivity contribution in [1.29, 1.82) is 0 Å². The first kappa shape index (κ1) is 29.6. The Morgan fingerprint density at radius 3 is 2.32 bits per heavy atom. The minimum Gasteiger partial charge on any atom is -0.463 e. The van der Waals surface area contributed by atoms with Gasteiger partial charge in [0.05, 0.1) is 18.1 Å². The molecule has 0 radical (unpaired) electrons. The number of nitrogens with one attached hydrogen (secondary N) is 1. The fraction of sp³-hybridized carbons (Fsp3) is 0.577. The molecule has 1 aromatic carbocycles. The highest BCUT2D eigenvalue weighted by Gasteiger charge is 2.42. The van der Waals surface area contributed by atoms with Crippen LogP contribution in [0.1, 0.15) is 58.3 Å². The number of alkyl carbamates (subject to hydrolysis) is 1. The molecule has 11 heteroatoms. The van der Waals surface area contributed by atoms with Gasteiger partial charge in [0.25, 0.3) is 0 Å². The van der Waals surface area contributed by atoms with Crippen LogP contribution in [0.2, 0.25) is 0 Å². The molecular weight excluding hydrogens is 486 g/mol. The SMILES string of the molecule is CC(C)C(=O)OC1C(C)OC(=O)C(NC(=O)OC(C)(C)C)COC(=O)C1CCOC(=O)c1ccccc1. The molecule has 1 N–H and O–H groups in total. The highest BCUT2D eigenvalue weighted by atomic mass is 16.6. The standard InChI is InChI=1S/C26H35NO10/c1-15(2)21(28)36-20-16(3)35-24(31)19(27-25(32)37-26(4,5)6)14-34-23(30)18(20)12-13-33-22(29)17-10-8-7-9-11-17/h7-11,15-16,18-20H,12-14H2,1-6H3,(H,27,32). The lowest BCUT2D eigenvalue weighted by atomic mass is 9.94. The average Bonchev–Trinajstić information content (AvgIpc) is 2.84. The zero-order chi connectivity index (χ0) is 27.8. The molecule has 1 aromatic rings. The Morgan fingerprint density at radius 1 is 1.08 bits per heavy atom. The third-order valence-electron chi connectivity index (χ3n) is 5.23. The summed E-state index contributed by atoms with van der Waals surface area (Å²) in [5.41, 5.74) is -0.491. The van der Waals surface area contributed by atoms with E-state index in [1.54, 1.807) is 65.0 Å². The first-order valence-corrected chi connectivity index (χ1v) is 12.1. The molecule has 204 valence electrons. The number of carbonyl (C=O) groups is 5. The fourth-order valence-corrected chi connectivity index (χ4v) is 3.35. The fourth-order valence-electron chi connectivity index (χ4n) is 3.35. The van der Waals surface area contributed by atoms with Gasteiger partial charge in [-0.1, -0.05) is 32.0 Å². The lowest BCUT2D eigenvalue weighted by Crippen LogP contribution is -2.48. The number of rotatable bonds is 7. The molecular formula is C26H35NO10. The van der Waals surface area contributed by atoms with Gasteiger partial charge in [0, 0.05) is 0 Å². The topological polar surface area (TPSA) is 144 Å². The van der Waals surface area contributed by atoms with Crippen molar-refractivity contribution in [3.63, 3.8) is 0 Å². The minimum atomic E-state index is -1.35. The van der Waals surface area contributed by atoms with Gasteiger partial charge in [0.1, 0.15) is 24.2 Å². The van der Waals surface area contributed by atoms with Crippen LogP contribution in [0.5, 0.6) is 0 Å². The molecule has 37 heavy (non-hydrogen) atoms. The molecule has 0 aliphatic carbocycles. The second-order valence-electron chi connectivity index (χ2n) is 9.92. The molecule has 11 nitrogen and oxygen atoms in total. The van der Waals surface area contributed by atoms with Crippen LogP contribution in [-0.2, 0) is 38.1 Å². The van der Waals surface area contributed by atoms with Crippen molar-refractivity contribution in [1.82, 2.24) is 5.32 Å². The van der Waals surface area contributed by atoms with Gasteiger partial charge >= 0.3 is 30.0 Å². The number of hydrogen-bond acceptors (Lipinski definition) is 10. The zero-order valence-corrected chi connectivity index (χ0v) is 22.0. The minimum absolute atomic E-state index is 0.0699. The van der Waals surface area contributed by atoms with Gasteiger partial charge in [-0.3, -0.25) is 9.59 Å². The number of hydrogen-bond donors (Lipinski definition) is 1. The third-order valence-corrected chi connectivity index (χ3v) is 5.23. The van der Waals surface area contributed by atoms with Gasteiger partial charge < -0.3 is 29.0 Å². The van der Waals surface area contributed by atoms with Crippen LogP contribution in [-0.4, -0.2) is 67.0 Å². The Labute approximate surface area is 216 Å². The van der Waals surface area contributed by atoms with Crippen molar-refractivity contribution in [2.24, 2.45) is 11.8 Å². The molecule has 1 saturated heterocycles. The van der Waals surface area contributed by atoms with Crippen molar-refractivity contribution in [2.75, 3.05) is 13.2 Å². The molecule has 1 amide bonds. The van der Waals surface area contributed by atoms with E-state index in [0.717, 1.165) is 0 Å². The van der Waals surface area contributed by atoms with Gasteiger partial charge in [-0.05, 0) is 46.2 Å². The van der Waals surface area contributed by atoms with Crippen molar-refractivity contribution >= 4 is 30.0 Å². The van der Waals surface area contributed by atoms with Crippen LogP contribution in [0.3, 0.4) is 0 Å². The number of carbonyl (C=O) groups excluding carboxylic acids is 5. The highest BCUT2D eigenvalue weighted by Crippen LogP contribution is 2.24. The van der Waals surface area contributed by atoms with Gasteiger partial charge in [-0.2, -0.15) is 0 Å². The summed E-state index contributed by atoms with van der Waals surface area (Å²) in [4.78, 5) is 62.8. The summed E-state index contributed by atoms with van der Waals surface area (Å²) in [7, 11) is 0. The van der Waals surface area contributed by atoms with E-state index in [2.05, 4.69) is 5.32 Å². The Bertz CT molecular complexity index is 969. The van der Waals surface area contributed by atoms with Crippen LogP contribution < -0.4 is 5.32 Å². The molecule has 1 aliphatic rings. The maximum atomic E-state index is 13.1. The molecule has 2 rings (SSSR count). The summed E-state index contributed by atoms with van der Waals surface area (Å²) >= 11 is 0. The summed E-state index contributed by atoms with van der Waals surface area (Å²) in [6, 6.07) is 6.95. The zero-order valence-electron chi connectivity index (χ0n) is 22.0. The predicted octanol–water partition coefficient (Wildman–Crippen LogP) is 2.80. The van der Waals surface area contributed by atoms with Crippen LogP contribution >= 0.6 is 0 Å². The van der Waals surface area contributed by atoms with Crippen molar-refractivity contribution in [3.8, 4) is 0 Å². The first-order valence-electron chi connectivity index (χ1n) is 12.1. The van der Waals surface area contributed by atoms with Crippen LogP contribution in [0.15, 0.2) is 30.3 Å². The molecule has 0 spiro atoms. The van der Waals surface area contributed by atoms with E-state index >= 15 is 0 Å². The van der Waals surface area contributed by atoms with Crippen LogP contribution in [0, 0.1) is 11.8 Å². The summed E-state index contributed by atoms with van der Waals surface area (Å²) in [6.07, 6.45) is -3.27. The highest BCUT2D eigenvalue weighted by molar-refractivity contribution is 5.89. The number of esters is 4. The smallest absolute Gasteiger partial charge is 0.408 e. The van der Waals surface area contributed by atoms with Gasteiger partial charge in [-0.25, -0.2) is 14.4 Å². The van der Waals surface area contributed by atoms with Crippen LogP contribution in [0.4, 0.5) is 4.79 Å². The lowest BCUT2D eigenvalue weighted by Gasteiger charge is -2.29. The second kappa shape index (κ2) is 13.1. The van der Waals surface area contributed by atoms with E-state index in [0.29, 0.717) is 5.56 Å². The van der Waals surface area contributed by atoms with Gasteiger partial charge in [-0.15, -0.1) is 0 Å². The number of amides is 1. The van der Waals surface area contributed by atoms with Crippen molar-refractivity contribution in [3.05, 3.63) is 35.9 Å². The normalized spacial score (nSPS) is 22.5. The van der Waals surface area contributed by atoms with Gasteiger partial charge in [0.2, 0.25) is 0 Å². The molecule has 0 saturated carbocycles. The predicted molar refractivity (Wildman–Crippen MR) is 129 cm³/mol. The summed E-state index contributed by atoms with van der Waals surface area (Å²) in [5.74, 6) is -4.55. The molecule has 1 aliphatic heterocycles. The molecule has 0 bridgehead atoms. The Hall–Kier alpha value is -3.63. The molecule has 1 heterocycles. The van der Waals surface area contributed by atoms with E-state index in [-0.39, 0.29) is 13.0 Å². The number of ether oxygens (including phenoxy) is 5. The third kappa shape index (κ3) is 9.40. The average molecular weight is 522 g/mol. The Kier molecular flexibility index (Phi) is 10.5. The first-order chi connectivity index (χ1) is 17.3. The van der Waals surface area contributed by atoms with E-state index in [4.69, 9.17) is 23.7 Å². The monoisotopic (exact) mass is 521 g/mol. The van der Waals surface area contributed by atoms with E-state index in [1.807, 2.05) is 0 Å². The van der Waals surface area contributed by atoms with E-state index < -0.39 is 72.3 Å². The summed E-state index contributed by atoms with van der Waals surface area (Å²) < 4.78 is 26.8. The maximum absolute atomic E-state index is 13.1. The second-order valence-corrected chi connectivity index (χ2v) is 9.92. The summed E-state index contributed by atoms with van der Waals surface area (Å²) in [6.45, 7) is 8.92. The van der Waals surface area contributed by atoms with Gasteiger partial charge in [0.15, 0.2) is 12.1 Å². The van der Waals surface area contributed by atoms with Crippen LogP contribution in [0.25, 0.3) is 0 Å². The van der Waals surface area contributed by atoms with Crippen molar-refractivity contribution in [2.45, 2.75) is 71.8 Å². The van der Waals surface area contributed by atoms with E-state index in [9.17, 15) is 24.0 Å². The largest absolute Gasteiger partial charge is 0.463 e. The number of benzene rings is 1. The lowest BCUT2D eigenvalue weighted by molar-refractivity contribution is -0.177. The molecule has 4 unspecified atom stereocenters. The quantitative estimate of drug-likeness (QED) is 0.420. The maximum Gasteiger partial charge on any atom is 0.408 e. The Morgan fingerprint density at radius 2 is 1.73 bits per heavy atom. The molecule has 1 fully saturated rings. The summed E-state index contributed by atoms with van der Waals surface area (Å²) in [5, 5.41) is 2.34. The molecule has 4 atom stereocenters. The van der Waals surface area contributed by atoms with Crippen molar-refractivity contribution < 1.29 is 47.7 Å². The van der Waals surface area contributed by atoms with E-state index in [1.165, 1.54) is 6.92 Å².